The molecule has 0 aliphatic carbocycles. The lowest BCUT2D eigenvalue weighted by Gasteiger charge is -2.48. The van der Waals surface area contributed by atoms with Crippen LogP contribution in [-0.2, 0) is 33.2 Å². The van der Waals surface area contributed by atoms with Gasteiger partial charge in [0, 0.05) is 6.42 Å². The number of carbonyl (C=O) groups excluding carboxylic acids is 1. The van der Waals surface area contributed by atoms with Crippen LogP contribution >= 0.6 is 0 Å². The number of rotatable bonds is 59. The summed E-state index contributed by atoms with van der Waals surface area (Å²) in [5, 5.41) is 121. The van der Waals surface area contributed by atoms with E-state index in [1.807, 2.05) is 6.08 Å². The van der Waals surface area contributed by atoms with Gasteiger partial charge in [0.1, 0.15) is 73.2 Å². The first-order valence-electron chi connectivity index (χ1n) is 38.9. The van der Waals surface area contributed by atoms with Crippen molar-refractivity contribution < 1.29 is 89.4 Å². The summed E-state index contributed by atoms with van der Waals surface area (Å²) in [6.45, 7) is 1.61. The molecule has 3 saturated heterocycles. The molecule has 19 heteroatoms. The van der Waals surface area contributed by atoms with E-state index < -0.39 is 124 Å². The van der Waals surface area contributed by atoms with Gasteiger partial charge in [-0.25, -0.2) is 0 Å². The molecule has 1 amide bonds. The second-order valence-corrected chi connectivity index (χ2v) is 27.1. The maximum Gasteiger partial charge on any atom is 0.220 e. The molecule has 17 unspecified atom stereocenters. The van der Waals surface area contributed by atoms with Gasteiger partial charge >= 0.3 is 0 Å². The van der Waals surface area contributed by atoms with Crippen molar-refractivity contribution >= 4 is 5.91 Å². The molecule has 0 aromatic carbocycles. The molecule has 578 valence electrons. The van der Waals surface area contributed by atoms with Crippen molar-refractivity contribution in [1.29, 1.82) is 0 Å². The molecule has 17 atom stereocenters. The fourth-order valence-corrected chi connectivity index (χ4v) is 12.2. The van der Waals surface area contributed by atoms with E-state index in [4.69, 9.17) is 28.4 Å². The average Bonchev–Trinajstić information content (AvgIpc) is 0.792. The highest BCUT2D eigenvalue weighted by Crippen LogP contribution is 2.33. The molecule has 3 heterocycles. The number of allylic oxidation sites excluding steroid dienone is 21. The number of hydrogen-bond donors (Lipinski definition) is 12. The predicted octanol–water partition coefficient (Wildman–Crippen LogP) is 12.5. The van der Waals surface area contributed by atoms with Crippen LogP contribution in [0.1, 0.15) is 245 Å². The number of amides is 1. The van der Waals surface area contributed by atoms with Crippen molar-refractivity contribution in [1.82, 2.24) is 5.32 Å². The van der Waals surface area contributed by atoms with E-state index in [-0.39, 0.29) is 18.9 Å². The first-order chi connectivity index (χ1) is 49.3. The third-order valence-corrected chi connectivity index (χ3v) is 18.5. The van der Waals surface area contributed by atoms with Crippen molar-refractivity contribution in [3.8, 4) is 0 Å². The Morgan fingerprint density at radius 1 is 0.366 bits per heavy atom. The van der Waals surface area contributed by atoms with Crippen molar-refractivity contribution in [2.75, 3.05) is 26.4 Å². The zero-order valence-corrected chi connectivity index (χ0v) is 61.6. The molecule has 19 nitrogen and oxygen atoms in total. The van der Waals surface area contributed by atoms with E-state index in [1.165, 1.54) is 83.5 Å². The van der Waals surface area contributed by atoms with E-state index >= 15 is 0 Å². The van der Waals surface area contributed by atoms with Crippen LogP contribution in [0.25, 0.3) is 0 Å². The van der Waals surface area contributed by atoms with Crippen LogP contribution in [0.5, 0.6) is 0 Å². The lowest BCUT2D eigenvalue weighted by atomic mass is 9.96. The standard InChI is InChI=1S/C82H137NO18/c1-3-5-7-9-11-13-15-17-19-21-22-23-24-25-26-27-28-29-30-31-32-33-34-35-36-37-38-39-40-41-42-44-46-48-50-52-54-56-58-60-70(88)83-65(66(87)59-57-55-53-51-49-47-45-43-20-18-16-14-12-10-8-6-4-2)64-96-80-76(94)73(91)78(68(62-85)98-80)101-82-77(95)74(92)79(69(63-86)99-82)100-81-75(93)72(90)71(89)67(61-84)97-81/h5,7,11,13,17,19,22-23,25-26,28-29,31-32,34-35,37-38,40-41,57,59,65-69,71-82,84-87,89-95H,3-4,6,8-10,12,14-16,18,20-21,24,27,30,33,36,39,42-56,58,60-64H2,1-2H3,(H,83,88)/b7-5-,13-11-,19-17-,23-22-,26-25-,29-28-,32-31-,35-34-,38-37-,41-40-,59-57+. The van der Waals surface area contributed by atoms with Gasteiger partial charge in [-0.1, -0.05) is 276 Å². The van der Waals surface area contributed by atoms with Crippen LogP contribution in [-0.4, -0.2) is 193 Å². The molecule has 3 aliphatic rings. The number of ether oxygens (including phenoxy) is 6. The summed E-state index contributed by atoms with van der Waals surface area (Å²) in [7, 11) is 0. The minimum absolute atomic E-state index is 0.225. The molecular formula is C82H137NO18. The van der Waals surface area contributed by atoms with Crippen molar-refractivity contribution in [3.63, 3.8) is 0 Å². The fraction of sp³-hybridized carbons (Fsp3) is 0.720. The molecular weight excluding hydrogens is 1290 g/mol. The molecule has 0 spiro atoms. The van der Waals surface area contributed by atoms with Gasteiger partial charge in [-0.2, -0.15) is 0 Å². The fourth-order valence-electron chi connectivity index (χ4n) is 12.2. The Morgan fingerprint density at radius 2 is 0.683 bits per heavy atom. The van der Waals surface area contributed by atoms with Gasteiger partial charge in [-0.05, 0) is 96.3 Å². The number of nitrogens with one attached hydrogen (secondary N) is 1. The largest absolute Gasteiger partial charge is 0.394 e. The molecule has 0 bridgehead atoms. The van der Waals surface area contributed by atoms with Crippen LogP contribution in [0.4, 0.5) is 0 Å². The minimum Gasteiger partial charge on any atom is -0.394 e. The Balaban J connectivity index is 1.36. The third kappa shape index (κ3) is 41.4. The van der Waals surface area contributed by atoms with Crippen molar-refractivity contribution in [2.24, 2.45) is 0 Å². The molecule has 3 aliphatic heterocycles. The van der Waals surface area contributed by atoms with Crippen LogP contribution in [0.15, 0.2) is 134 Å². The second-order valence-electron chi connectivity index (χ2n) is 27.1. The summed E-state index contributed by atoms with van der Waals surface area (Å²) >= 11 is 0. The summed E-state index contributed by atoms with van der Waals surface area (Å²) in [5.74, 6) is -0.289. The third-order valence-electron chi connectivity index (χ3n) is 18.5. The van der Waals surface area contributed by atoms with Gasteiger partial charge in [0.15, 0.2) is 18.9 Å². The van der Waals surface area contributed by atoms with Gasteiger partial charge in [0.25, 0.3) is 0 Å². The highest BCUT2D eigenvalue weighted by atomic mass is 16.8. The Kier molecular flexibility index (Phi) is 55.2. The Labute approximate surface area is 607 Å². The monoisotopic (exact) mass is 1420 g/mol. The molecule has 12 N–H and O–H groups in total. The minimum atomic E-state index is -1.99. The van der Waals surface area contributed by atoms with E-state index in [1.54, 1.807) is 6.08 Å². The first kappa shape index (κ1) is 91.1. The maximum absolute atomic E-state index is 13.4. The molecule has 0 radical (unpaired) electrons. The summed E-state index contributed by atoms with van der Waals surface area (Å²) in [6.07, 6.45) is 60.0. The number of carbonyl (C=O) groups is 1. The van der Waals surface area contributed by atoms with Crippen molar-refractivity contribution in [2.45, 2.75) is 349 Å². The topological polar surface area (TPSA) is 307 Å². The molecule has 0 saturated carbocycles. The smallest absolute Gasteiger partial charge is 0.220 e. The SMILES string of the molecule is CC/C=C\C/C=C\C/C=C\C/C=C\C/C=C\C/C=C\C/C=C\C/C=C\C/C=C\C/C=C\CCCCCCCCCCC(=O)NC(COC1OC(CO)C(OC2OC(CO)C(OC3OC(CO)C(O)C(O)C3O)C(O)C2O)C(O)C1O)C(O)/C=C/CCCCCCCCCCCCCCCCC. The van der Waals surface area contributed by atoms with E-state index in [9.17, 15) is 61.0 Å². The lowest BCUT2D eigenvalue weighted by molar-refractivity contribution is -0.379. The molecule has 3 fully saturated rings. The molecule has 0 aromatic rings. The highest BCUT2D eigenvalue weighted by molar-refractivity contribution is 5.76. The normalized spacial score (nSPS) is 27.1. The van der Waals surface area contributed by atoms with Crippen LogP contribution in [0, 0.1) is 0 Å². The van der Waals surface area contributed by atoms with Crippen LogP contribution < -0.4 is 5.32 Å². The van der Waals surface area contributed by atoms with E-state index in [2.05, 4.69) is 141 Å². The van der Waals surface area contributed by atoms with Gasteiger partial charge in [-0.3, -0.25) is 4.79 Å². The molecule has 101 heavy (non-hydrogen) atoms. The van der Waals surface area contributed by atoms with Crippen LogP contribution in [0.3, 0.4) is 0 Å². The van der Waals surface area contributed by atoms with Gasteiger partial charge in [0.2, 0.25) is 5.91 Å². The quantitative estimate of drug-likeness (QED) is 0.0199. The summed E-state index contributed by atoms with van der Waals surface area (Å²) in [6, 6.07) is -0.987. The number of aliphatic hydroxyl groups excluding tert-OH is 11. The van der Waals surface area contributed by atoms with Gasteiger partial charge < -0.3 is 89.9 Å². The highest BCUT2D eigenvalue weighted by Gasteiger charge is 2.53. The molecule has 0 aromatic heterocycles. The number of hydrogen-bond acceptors (Lipinski definition) is 18. The lowest BCUT2D eigenvalue weighted by Crippen LogP contribution is -2.66. The Hall–Kier alpha value is -4.07. The van der Waals surface area contributed by atoms with Crippen molar-refractivity contribution in [3.05, 3.63) is 134 Å². The summed E-state index contributed by atoms with van der Waals surface area (Å²) < 4.78 is 34.4. The zero-order valence-electron chi connectivity index (χ0n) is 61.6. The first-order valence-corrected chi connectivity index (χ1v) is 38.9. The van der Waals surface area contributed by atoms with Gasteiger partial charge in [0.05, 0.1) is 38.6 Å². The number of unbranched alkanes of at least 4 members (excludes halogenated alkanes) is 23. The summed E-state index contributed by atoms with van der Waals surface area (Å²) in [5.41, 5.74) is 0. The number of aliphatic hydroxyl groups is 11. The van der Waals surface area contributed by atoms with E-state index in [0.717, 1.165) is 135 Å². The maximum atomic E-state index is 13.4. The second kappa shape index (κ2) is 61.1. The Morgan fingerprint density at radius 3 is 1.07 bits per heavy atom. The van der Waals surface area contributed by atoms with Crippen LogP contribution in [0.2, 0.25) is 0 Å². The zero-order chi connectivity index (χ0) is 73.2. The Bertz CT molecular complexity index is 2350. The van der Waals surface area contributed by atoms with E-state index in [0.29, 0.717) is 6.42 Å². The summed E-state index contributed by atoms with van der Waals surface area (Å²) in [4.78, 5) is 13.4. The molecule has 3 rings (SSSR count). The predicted molar refractivity (Wildman–Crippen MR) is 401 cm³/mol. The average molecular weight is 1420 g/mol. The van der Waals surface area contributed by atoms with Gasteiger partial charge in [-0.15, -0.1) is 0 Å².